The number of rotatable bonds is 12. The molecule has 1 aliphatic heterocycles. The molecule has 0 saturated carbocycles. The van der Waals surface area contributed by atoms with Crippen LogP contribution in [0.3, 0.4) is 0 Å². The SMILES string of the molecule is NC(N)=NCCCC(N)C(=O)N1CCCC1C(=O)NCC(=O)NC(Cc1c[nH]c2ccccc12)C(=O)O. The normalized spacial score (nSPS) is 16.7. The number of hydrogen-bond donors (Lipinski definition) is 7. The Balaban J connectivity index is 1.50. The highest BCUT2D eigenvalue weighted by Gasteiger charge is 2.36. The molecule has 3 rings (SSSR count). The second-order valence-electron chi connectivity index (χ2n) is 8.98. The summed E-state index contributed by atoms with van der Waals surface area (Å²) in [4.78, 5) is 58.1. The van der Waals surface area contributed by atoms with Crippen LogP contribution in [0.1, 0.15) is 31.2 Å². The lowest BCUT2D eigenvalue weighted by Gasteiger charge is -2.26. The fourth-order valence-corrected chi connectivity index (χ4v) is 4.41. The van der Waals surface area contributed by atoms with E-state index in [-0.39, 0.29) is 18.3 Å². The summed E-state index contributed by atoms with van der Waals surface area (Å²) in [5, 5.41) is 15.5. The number of para-hydroxylation sites is 1. The summed E-state index contributed by atoms with van der Waals surface area (Å²) in [6.45, 7) is 0.315. The minimum Gasteiger partial charge on any atom is -0.480 e. The van der Waals surface area contributed by atoms with Crippen LogP contribution < -0.4 is 27.8 Å². The topological polar surface area (TPSA) is 222 Å². The molecule has 13 nitrogen and oxygen atoms in total. The van der Waals surface area contributed by atoms with Crippen molar-refractivity contribution in [2.75, 3.05) is 19.6 Å². The summed E-state index contributed by atoms with van der Waals surface area (Å²) < 4.78 is 0. The molecule has 0 aliphatic carbocycles. The molecule has 200 valence electrons. The lowest BCUT2D eigenvalue weighted by atomic mass is 10.0. The maximum Gasteiger partial charge on any atom is 0.326 e. The van der Waals surface area contributed by atoms with Crippen LogP contribution in [0.2, 0.25) is 0 Å². The molecule has 3 unspecified atom stereocenters. The Morgan fingerprint density at radius 2 is 1.97 bits per heavy atom. The largest absolute Gasteiger partial charge is 0.480 e. The Hall–Kier alpha value is -4.13. The second-order valence-corrected chi connectivity index (χ2v) is 8.98. The van der Waals surface area contributed by atoms with Crippen molar-refractivity contribution in [2.45, 2.75) is 50.2 Å². The highest BCUT2D eigenvalue weighted by atomic mass is 16.4. The molecular weight excluding hydrogens is 480 g/mol. The van der Waals surface area contributed by atoms with Gasteiger partial charge in [-0.25, -0.2) is 4.79 Å². The minimum absolute atomic E-state index is 0.0344. The predicted octanol–water partition coefficient (Wildman–Crippen LogP) is -1.23. The molecule has 2 aromatic rings. The number of nitrogens with one attached hydrogen (secondary N) is 3. The lowest BCUT2D eigenvalue weighted by molar-refractivity contribution is -0.142. The van der Waals surface area contributed by atoms with E-state index in [9.17, 15) is 24.3 Å². The second kappa shape index (κ2) is 12.7. The van der Waals surface area contributed by atoms with E-state index in [0.717, 1.165) is 16.5 Å². The van der Waals surface area contributed by atoms with E-state index in [0.29, 0.717) is 38.8 Å². The number of fused-ring (bicyclic) bond motifs is 1. The Morgan fingerprint density at radius 1 is 1.22 bits per heavy atom. The number of benzene rings is 1. The van der Waals surface area contributed by atoms with Gasteiger partial charge in [-0.05, 0) is 37.3 Å². The van der Waals surface area contributed by atoms with Crippen LogP contribution in [0.25, 0.3) is 10.9 Å². The van der Waals surface area contributed by atoms with Crippen molar-refractivity contribution < 1.29 is 24.3 Å². The molecule has 0 spiro atoms. The number of carbonyl (C=O) groups is 4. The average molecular weight is 515 g/mol. The number of aromatic amines is 1. The number of aliphatic imine (C=N–C) groups is 1. The number of H-pyrrole nitrogens is 1. The van der Waals surface area contributed by atoms with Crippen molar-refractivity contribution in [2.24, 2.45) is 22.2 Å². The molecule has 1 saturated heterocycles. The van der Waals surface area contributed by atoms with Gasteiger partial charge in [0, 0.05) is 36.6 Å². The van der Waals surface area contributed by atoms with Crippen LogP contribution in [0, 0.1) is 0 Å². The Labute approximate surface area is 213 Å². The van der Waals surface area contributed by atoms with Gasteiger partial charge in [-0.15, -0.1) is 0 Å². The zero-order chi connectivity index (χ0) is 26.9. The Morgan fingerprint density at radius 3 is 2.70 bits per heavy atom. The number of nitrogens with zero attached hydrogens (tertiary/aromatic N) is 2. The molecule has 37 heavy (non-hydrogen) atoms. The molecular formula is C24H34N8O5. The van der Waals surface area contributed by atoms with Crippen LogP contribution in [-0.4, -0.2) is 82.4 Å². The molecule has 0 radical (unpaired) electrons. The fraction of sp³-hybridized carbons (Fsp3) is 0.458. The number of hydrogen-bond acceptors (Lipinski definition) is 6. The van der Waals surface area contributed by atoms with Crippen molar-refractivity contribution in [1.82, 2.24) is 20.5 Å². The zero-order valence-corrected chi connectivity index (χ0v) is 20.5. The van der Waals surface area contributed by atoms with Crippen LogP contribution in [0.4, 0.5) is 0 Å². The van der Waals surface area contributed by atoms with Gasteiger partial charge in [0.15, 0.2) is 5.96 Å². The summed E-state index contributed by atoms with van der Waals surface area (Å²) in [6, 6.07) is 4.73. The number of guanidine groups is 1. The average Bonchev–Trinajstić information content (AvgIpc) is 3.51. The fourth-order valence-electron chi connectivity index (χ4n) is 4.41. The van der Waals surface area contributed by atoms with Gasteiger partial charge in [-0.2, -0.15) is 0 Å². The molecule has 13 heteroatoms. The third kappa shape index (κ3) is 7.43. The summed E-state index contributed by atoms with van der Waals surface area (Å²) in [7, 11) is 0. The van der Waals surface area contributed by atoms with Crippen LogP contribution in [0.15, 0.2) is 35.5 Å². The molecule has 1 aromatic carbocycles. The molecule has 1 aromatic heterocycles. The first-order valence-electron chi connectivity index (χ1n) is 12.1. The van der Waals surface area contributed by atoms with Gasteiger partial charge in [-0.1, -0.05) is 18.2 Å². The smallest absolute Gasteiger partial charge is 0.326 e. The lowest BCUT2D eigenvalue weighted by Crippen LogP contribution is -2.53. The Kier molecular flexibility index (Phi) is 9.44. The van der Waals surface area contributed by atoms with E-state index in [4.69, 9.17) is 17.2 Å². The molecule has 0 bridgehead atoms. The predicted molar refractivity (Wildman–Crippen MR) is 137 cm³/mol. The number of aromatic nitrogens is 1. The van der Waals surface area contributed by atoms with E-state index in [1.807, 2.05) is 24.3 Å². The van der Waals surface area contributed by atoms with Crippen molar-refractivity contribution in [1.29, 1.82) is 0 Å². The first-order chi connectivity index (χ1) is 17.7. The highest BCUT2D eigenvalue weighted by Crippen LogP contribution is 2.20. The van der Waals surface area contributed by atoms with Crippen LogP contribution >= 0.6 is 0 Å². The minimum atomic E-state index is -1.19. The van der Waals surface area contributed by atoms with E-state index in [1.54, 1.807) is 6.20 Å². The van der Waals surface area contributed by atoms with E-state index in [2.05, 4.69) is 20.6 Å². The molecule has 1 fully saturated rings. The van der Waals surface area contributed by atoms with Gasteiger partial charge in [0.25, 0.3) is 0 Å². The quantitative estimate of drug-likeness (QED) is 0.103. The first-order valence-corrected chi connectivity index (χ1v) is 12.1. The van der Waals surface area contributed by atoms with E-state index < -0.39 is 42.5 Å². The first kappa shape index (κ1) is 27.5. The Bertz CT molecular complexity index is 1160. The number of nitrogens with two attached hydrogens (primary N) is 3. The number of carboxylic acids is 1. The van der Waals surface area contributed by atoms with Crippen molar-refractivity contribution in [3.63, 3.8) is 0 Å². The summed E-state index contributed by atoms with van der Waals surface area (Å²) in [5.41, 5.74) is 18.2. The molecule has 3 atom stereocenters. The monoisotopic (exact) mass is 514 g/mol. The van der Waals surface area contributed by atoms with Gasteiger partial charge in [-0.3, -0.25) is 19.4 Å². The molecule has 10 N–H and O–H groups in total. The van der Waals surface area contributed by atoms with Gasteiger partial charge in [0.2, 0.25) is 17.7 Å². The maximum atomic E-state index is 12.8. The third-order valence-corrected chi connectivity index (χ3v) is 6.28. The highest BCUT2D eigenvalue weighted by molar-refractivity contribution is 5.93. The van der Waals surface area contributed by atoms with Gasteiger partial charge >= 0.3 is 5.97 Å². The number of amides is 3. The number of likely N-dealkylation sites (tertiary alicyclic amines) is 1. The molecule has 1 aliphatic rings. The van der Waals surface area contributed by atoms with E-state index >= 15 is 0 Å². The van der Waals surface area contributed by atoms with Crippen molar-refractivity contribution in [3.05, 3.63) is 36.0 Å². The summed E-state index contributed by atoms with van der Waals surface area (Å²) in [6.07, 6.45) is 3.73. The third-order valence-electron chi connectivity index (χ3n) is 6.28. The molecule has 2 heterocycles. The summed E-state index contributed by atoms with van der Waals surface area (Å²) >= 11 is 0. The van der Waals surface area contributed by atoms with Crippen LogP contribution in [-0.2, 0) is 25.6 Å². The van der Waals surface area contributed by atoms with Gasteiger partial charge in [0.05, 0.1) is 12.6 Å². The standard InChI is InChI=1S/C24H34N8O5/c25-16(6-3-9-28-24(26)27)22(35)32-10-4-8-19(32)21(34)30-13-20(33)31-18(23(36)37)11-14-12-29-17-7-2-1-5-15(14)17/h1-2,5,7,12,16,18-19,29H,3-4,6,8-11,13,25H2,(H,30,34)(H,31,33)(H,36,37)(H4,26,27,28). The maximum absolute atomic E-state index is 12.8. The van der Waals surface area contributed by atoms with Crippen molar-refractivity contribution >= 4 is 40.6 Å². The van der Waals surface area contributed by atoms with Gasteiger partial charge < -0.3 is 42.8 Å². The number of carboxylic acid groups (broad SMARTS) is 1. The van der Waals surface area contributed by atoms with E-state index in [1.165, 1.54) is 4.90 Å². The molecule has 3 amide bonds. The van der Waals surface area contributed by atoms with Crippen molar-refractivity contribution in [3.8, 4) is 0 Å². The number of carbonyl (C=O) groups excluding carboxylic acids is 3. The number of aliphatic carboxylic acids is 1. The van der Waals surface area contributed by atoms with Crippen LogP contribution in [0.5, 0.6) is 0 Å². The summed E-state index contributed by atoms with van der Waals surface area (Å²) in [5.74, 6) is -2.71. The zero-order valence-electron chi connectivity index (χ0n) is 20.5. The van der Waals surface area contributed by atoms with Gasteiger partial charge in [0.1, 0.15) is 12.1 Å².